The molecule has 1 N–H and O–H groups in total. The van der Waals surface area contributed by atoms with Crippen LogP contribution in [0.2, 0.25) is 0 Å². The van der Waals surface area contributed by atoms with Gasteiger partial charge in [-0.15, -0.1) is 0 Å². The molecule has 0 saturated carbocycles. The second kappa shape index (κ2) is 2.91. The molecule has 0 aliphatic carbocycles. The molecule has 4 amide bonds. The summed E-state index contributed by atoms with van der Waals surface area (Å²) >= 11 is 0. The molecule has 0 aromatic heterocycles. The van der Waals surface area contributed by atoms with Gasteiger partial charge >= 0.3 is 5.91 Å². The Morgan fingerprint density at radius 2 is 1.53 bits per heavy atom. The van der Waals surface area contributed by atoms with E-state index in [-0.39, 0.29) is 12.8 Å². The van der Waals surface area contributed by atoms with Gasteiger partial charge in [-0.25, -0.2) is 0 Å². The number of aliphatic hydroxyl groups is 1. The van der Waals surface area contributed by atoms with E-state index in [9.17, 15) is 19.2 Å². The van der Waals surface area contributed by atoms with Gasteiger partial charge in [-0.1, -0.05) is 0 Å². The smallest absolute Gasteiger partial charge is 0.315 e. The predicted octanol–water partition coefficient (Wildman–Crippen LogP) is -1.14. The summed E-state index contributed by atoms with van der Waals surface area (Å²) in [5.41, 5.74) is 0. The summed E-state index contributed by atoms with van der Waals surface area (Å²) in [5.74, 6) is -3.95. The van der Waals surface area contributed by atoms with Gasteiger partial charge in [0.25, 0.3) is 5.91 Å². The number of nitrogens with zero attached hydrogens (tertiary/aromatic N) is 2. The van der Waals surface area contributed by atoms with Crippen LogP contribution in [0, 0.1) is 0 Å². The number of rotatable bonds is 1. The average Bonchev–Trinajstić information content (AvgIpc) is 2.59. The Balaban J connectivity index is 2.33. The van der Waals surface area contributed by atoms with Gasteiger partial charge in [-0.3, -0.25) is 19.2 Å². The topological polar surface area (TPSA) is 95.0 Å². The van der Waals surface area contributed by atoms with Gasteiger partial charge in [0.15, 0.2) is 5.76 Å². The molecule has 0 spiro atoms. The Labute approximate surface area is 83.5 Å². The van der Waals surface area contributed by atoms with E-state index in [0.717, 1.165) is 0 Å². The molecule has 0 bridgehead atoms. The monoisotopic (exact) mass is 210 g/mol. The lowest BCUT2D eigenvalue weighted by molar-refractivity contribution is -0.171. The van der Waals surface area contributed by atoms with Crippen LogP contribution in [-0.4, -0.2) is 38.8 Å². The minimum absolute atomic E-state index is 0.0311. The van der Waals surface area contributed by atoms with Crippen molar-refractivity contribution < 1.29 is 24.3 Å². The van der Waals surface area contributed by atoms with Crippen molar-refractivity contribution >= 4 is 23.6 Å². The van der Waals surface area contributed by atoms with Crippen LogP contribution in [0.15, 0.2) is 11.8 Å². The summed E-state index contributed by atoms with van der Waals surface area (Å²) in [7, 11) is 0. The highest BCUT2D eigenvalue weighted by molar-refractivity contribution is 6.18. The third-order valence-corrected chi connectivity index (χ3v) is 2.11. The maximum absolute atomic E-state index is 11.2. The first-order valence-electron chi connectivity index (χ1n) is 4.17. The standard InChI is InChI=1S/C8H6N2O5/c11-4-3-7(14)10(8(4)15)9-5(12)1-2-6(9)13/h3,11H,1-2H2. The SMILES string of the molecule is O=C1C=C(O)C(=O)N1N1C(=O)CCC1=O. The van der Waals surface area contributed by atoms with Crippen LogP contribution >= 0.6 is 0 Å². The molecule has 1 saturated heterocycles. The number of hydrogen-bond donors (Lipinski definition) is 1. The van der Waals surface area contributed by atoms with Gasteiger partial charge in [-0.05, 0) is 0 Å². The van der Waals surface area contributed by atoms with E-state index >= 15 is 0 Å². The molecule has 15 heavy (non-hydrogen) atoms. The quantitative estimate of drug-likeness (QED) is 0.552. The van der Waals surface area contributed by atoms with E-state index in [2.05, 4.69) is 0 Å². The number of hydrazine groups is 1. The van der Waals surface area contributed by atoms with Gasteiger partial charge in [0, 0.05) is 12.8 Å². The number of amides is 4. The fourth-order valence-corrected chi connectivity index (χ4v) is 1.43. The molecule has 78 valence electrons. The summed E-state index contributed by atoms with van der Waals surface area (Å²) < 4.78 is 0. The summed E-state index contributed by atoms with van der Waals surface area (Å²) in [4.78, 5) is 44.9. The van der Waals surface area contributed by atoms with E-state index in [1.54, 1.807) is 0 Å². The van der Waals surface area contributed by atoms with Gasteiger partial charge in [-0.2, -0.15) is 10.0 Å². The lowest BCUT2D eigenvalue weighted by atomic mass is 10.4. The summed E-state index contributed by atoms with van der Waals surface area (Å²) in [6.45, 7) is 0. The number of hydrogen-bond acceptors (Lipinski definition) is 5. The van der Waals surface area contributed by atoms with E-state index in [0.29, 0.717) is 16.1 Å². The molecule has 0 unspecified atom stereocenters. The lowest BCUT2D eigenvalue weighted by Crippen LogP contribution is -2.49. The highest BCUT2D eigenvalue weighted by Crippen LogP contribution is 2.20. The number of carbonyl (C=O) groups excluding carboxylic acids is 4. The van der Waals surface area contributed by atoms with E-state index < -0.39 is 29.4 Å². The van der Waals surface area contributed by atoms with Crippen molar-refractivity contribution in [2.75, 3.05) is 0 Å². The number of imide groups is 2. The molecular formula is C8H6N2O5. The zero-order chi connectivity index (χ0) is 11.2. The fourth-order valence-electron chi connectivity index (χ4n) is 1.43. The molecule has 2 heterocycles. The predicted molar refractivity (Wildman–Crippen MR) is 43.7 cm³/mol. The second-order valence-corrected chi connectivity index (χ2v) is 3.08. The lowest BCUT2D eigenvalue weighted by Gasteiger charge is -2.22. The molecule has 2 aliphatic heterocycles. The Morgan fingerprint density at radius 3 is 1.93 bits per heavy atom. The second-order valence-electron chi connectivity index (χ2n) is 3.08. The first-order valence-corrected chi connectivity index (χ1v) is 4.17. The highest BCUT2D eigenvalue weighted by atomic mass is 16.3. The van der Waals surface area contributed by atoms with Gasteiger partial charge < -0.3 is 5.11 Å². The molecule has 7 heteroatoms. The molecule has 0 radical (unpaired) electrons. The minimum atomic E-state index is -1.05. The zero-order valence-electron chi connectivity index (χ0n) is 7.47. The van der Waals surface area contributed by atoms with Crippen LogP contribution in [0.4, 0.5) is 0 Å². The zero-order valence-corrected chi connectivity index (χ0v) is 7.47. The van der Waals surface area contributed by atoms with E-state index in [4.69, 9.17) is 5.11 Å². The number of aliphatic hydroxyl groups excluding tert-OH is 1. The van der Waals surface area contributed by atoms with Crippen LogP contribution < -0.4 is 0 Å². The average molecular weight is 210 g/mol. The van der Waals surface area contributed by atoms with Crippen LogP contribution in [-0.2, 0) is 19.2 Å². The van der Waals surface area contributed by atoms with Gasteiger partial charge in [0.1, 0.15) is 0 Å². The molecular weight excluding hydrogens is 204 g/mol. The van der Waals surface area contributed by atoms with Crippen molar-refractivity contribution in [3.8, 4) is 0 Å². The van der Waals surface area contributed by atoms with Crippen LogP contribution in [0.5, 0.6) is 0 Å². The van der Waals surface area contributed by atoms with Crippen LogP contribution in [0.1, 0.15) is 12.8 Å². The Morgan fingerprint density at radius 1 is 1.00 bits per heavy atom. The summed E-state index contributed by atoms with van der Waals surface area (Å²) in [6.07, 6.45) is 0.606. The molecule has 0 aromatic rings. The normalized spacial score (nSPS) is 21.7. The summed E-state index contributed by atoms with van der Waals surface area (Å²) in [6, 6.07) is 0. The molecule has 0 aromatic carbocycles. The van der Waals surface area contributed by atoms with Gasteiger partial charge in [0.05, 0.1) is 6.08 Å². The largest absolute Gasteiger partial charge is 0.503 e. The van der Waals surface area contributed by atoms with Crippen molar-refractivity contribution in [3.05, 3.63) is 11.8 Å². The van der Waals surface area contributed by atoms with Gasteiger partial charge in [0.2, 0.25) is 11.8 Å². The molecule has 2 rings (SSSR count). The van der Waals surface area contributed by atoms with Crippen molar-refractivity contribution in [2.24, 2.45) is 0 Å². The van der Waals surface area contributed by atoms with E-state index in [1.807, 2.05) is 0 Å². The minimum Gasteiger partial charge on any atom is -0.503 e. The fraction of sp³-hybridized carbons (Fsp3) is 0.250. The number of carbonyl (C=O) groups is 4. The molecule has 0 atom stereocenters. The van der Waals surface area contributed by atoms with Crippen LogP contribution in [0.25, 0.3) is 0 Å². The maximum Gasteiger partial charge on any atom is 0.315 e. The first-order chi connectivity index (χ1) is 7.02. The maximum atomic E-state index is 11.2. The molecule has 1 fully saturated rings. The third-order valence-electron chi connectivity index (χ3n) is 2.11. The Kier molecular flexibility index (Phi) is 1.82. The molecule has 2 aliphatic rings. The van der Waals surface area contributed by atoms with Crippen molar-refractivity contribution in [3.63, 3.8) is 0 Å². The summed E-state index contributed by atoms with van der Waals surface area (Å²) in [5, 5.41) is 9.80. The Bertz CT molecular complexity index is 409. The third kappa shape index (κ3) is 1.20. The van der Waals surface area contributed by atoms with Crippen LogP contribution in [0.3, 0.4) is 0 Å². The van der Waals surface area contributed by atoms with Crippen molar-refractivity contribution in [1.29, 1.82) is 0 Å². The molecule has 7 nitrogen and oxygen atoms in total. The van der Waals surface area contributed by atoms with Crippen molar-refractivity contribution in [1.82, 2.24) is 10.0 Å². The van der Waals surface area contributed by atoms with Crippen molar-refractivity contribution in [2.45, 2.75) is 12.8 Å². The Hall–Kier alpha value is -2.18. The highest BCUT2D eigenvalue weighted by Gasteiger charge is 2.44. The van der Waals surface area contributed by atoms with E-state index in [1.165, 1.54) is 0 Å². The first kappa shape index (κ1) is 9.38.